The number of amides is 1. The molecule has 1 aliphatic heterocycles. The van der Waals surface area contributed by atoms with Gasteiger partial charge in [0.1, 0.15) is 36.4 Å². The van der Waals surface area contributed by atoms with E-state index < -0.39 is 5.78 Å². The van der Waals surface area contributed by atoms with Crippen molar-refractivity contribution >= 4 is 190 Å². The van der Waals surface area contributed by atoms with Crippen LogP contribution in [0.5, 0.6) is 0 Å². The monoisotopic (exact) mass is 1310 g/mol. The first-order valence-electron chi connectivity index (χ1n) is 31.2. The van der Waals surface area contributed by atoms with Crippen molar-refractivity contribution in [2.24, 2.45) is 33.7 Å². The summed E-state index contributed by atoms with van der Waals surface area (Å²) < 4.78 is 19.9. The Bertz CT molecular complexity index is 5000. The van der Waals surface area contributed by atoms with Crippen molar-refractivity contribution in [3.63, 3.8) is 0 Å². The molecule has 0 radical (unpaired) electrons. The molecule has 8 aromatic carbocycles. The van der Waals surface area contributed by atoms with Crippen LogP contribution in [0.15, 0.2) is 174 Å². The van der Waals surface area contributed by atoms with Crippen LogP contribution in [0, 0.1) is 44.4 Å². The summed E-state index contributed by atoms with van der Waals surface area (Å²) in [7, 11) is 0. The summed E-state index contributed by atoms with van der Waals surface area (Å²) in [5.41, 5.74) is 16.2. The SMILES string of the molecule is CCN1C(=O)C(=Nc2ccc(-c3sc(N(c4ccc(C)cc4)c4ccc(C)cc4)c4cc(Cc5ccc(N(c6ccc(C)cc6)c6sc(-c7ccc(N=C8C(=O)C(=O)C9CC%10CCCCC%10CC89)c8nsnc78)c7ccccc67)cc5)ccc34)c3nsnc23)SC1=S. The van der Waals surface area contributed by atoms with Crippen molar-refractivity contribution in [3.8, 4) is 20.9 Å². The number of Topliss-reactive ketones (excluding diaryl/α,β-unsaturated/α-hetero) is 2. The maximum absolute atomic E-state index is 13.8. The topological polar surface area (TPSA) is 137 Å². The molecule has 4 atom stereocenters. The maximum atomic E-state index is 13.8. The van der Waals surface area contributed by atoms with Gasteiger partial charge in [0, 0.05) is 83.6 Å². The number of hydrogen-bond donors (Lipinski definition) is 0. The molecule has 16 rings (SSSR count). The second-order valence-corrected chi connectivity index (χ2v) is 29.3. The van der Waals surface area contributed by atoms with E-state index in [1.165, 1.54) is 41.3 Å². The third kappa shape index (κ3) is 10.3. The Morgan fingerprint density at radius 1 is 0.533 bits per heavy atom. The Labute approximate surface area is 558 Å². The number of thiophene rings is 2. The highest BCUT2D eigenvalue weighted by Gasteiger charge is 2.52. The zero-order chi connectivity index (χ0) is 62.5. The van der Waals surface area contributed by atoms with Gasteiger partial charge in [-0.05, 0) is 161 Å². The second kappa shape index (κ2) is 23.9. The van der Waals surface area contributed by atoms with E-state index in [9.17, 15) is 14.4 Å². The van der Waals surface area contributed by atoms with E-state index >= 15 is 0 Å². The number of aliphatic imine (C=N–C) groups is 2. The van der Waals surface area contributed by atoms with E-state index in [2.05, 4.69) is 182 Å². The number of ketones is 2. The average Bonchev–Trinajstić information content (AvgIpc) is 1.60. The molecule has 12 nitrogen and oxygen atoms in total. The van der Waals surface area contributed by atoms with Crippen LogP contribution in [-0.4, -0.2) is 61.5 Å². The van der Waals surface area contributed by atoms with Gasteiger partial charge in [-0.25, -0.2) is 9.98 Å². The number of aromatic nitrogens is 4. The number of carbonyl (C=O) groups is 3. The fraction of sp³-hybridized carbons (Fsp3) is 0.216. The second-order valence-electron chi connectivity index (χ2n) is 24.6. The zero-order valence-electron chi connectivity index (χ0n) is 50.8. The number of benzene rings is 8. The number of hydrogen-bond acceptors (Lipinski definition) is 17. The molecule has 0 spiro atoms. The van der Waals surface area contributed by atoms with Crippen molar-refractivity contribution in [2.75, 3.05) is 16.3 Å². The molecular weight excluding hydrogens is 1260 g/mol. The molecule has 0 N–H and O–H groups in total. The largest absolute Gasteiger partial charge is 0.301 e. The van der Waals surface area contributed by atoms with Gasteiger partial charge in [-0.15, -0.1) is 22.7 Å². The number of carbonyl (C=O) groups excluding carboxylic acids is 3. The standard InChI is InChI=1S/C74H59N9O3S6/c1-5-81-71(86)70(90-74(81)87)76-60-35-33-55(62-65(60)80-92-78-62)69-52-31-22-44(37-58(52)73(89-69)83(48-25-16-41(3)17-26-48)49-27-18-42(4)19-28-49)36-43-20-29-50(30-21-43)82(47-23-14-40(2)15-24-47)72-53-13-9-8-12-51(53)68(88-72)54-32-34-59(64-61(54)77-91-79-64)75-63-56-38-45-10-6-7-11-46(45)39-57(56)66(84)67(63)85/h8-9,12-35,37,45-46,56-57H,5-7,10-11,36,38-39H2,1-4H3. The van der Waals surface area contributed by atoms with Crippen molar-refractivity contribution in [2.45, 2.75) is 72.6 Å². The van der Waals surface area contributed by atoms with Crippen molar-refractivity contribution in [1.82, 2.24) is 22.4 Å². The highest BCUT2D eigenvalue weighted by atomic mass is 32.2. The molecule has 5 heterocycles. The van der Waals surface area contributed by atoms with Gasteiger partial charge >= 0.3 is 0 Å². The molecule has 454 valence electrons. The quantitative estimate of drug-likeness (QED) is 0.0806. The Morgan fingerprint density at radius 3 is 1.55 bits per heavy atom. The third-order valence-electron chi connectivity index (χ3n) is 18.9. The minimum absolute atomic E-state index is 0.136. The fourth-order valence-electron chi connectivity index (χ4n) is 14.2. The summed E-state index contributed by atoms with van der Waals surface area (Å²) in [6, 6.07) is 58.7. The Balaban J connectivity index is 0.763. The van der Waals surface area contributed by atoms with Gasteiger partial charge in [0.15, 0.2) is 5.04 Å². The van der Waals surface area contributed by atoms with E-state index in [1.807, 2.05) is 19.1 Å². The van der Waals surface area contributed by atoms with Crippen LogP contribution in [0.1, 0.15) is 73.3 Å². The maximum Gasteiger partial charge on any atom is 0.284 e. The van der Waals surface area contributed by atoms with Gasteiger partial charge in [0.2, 0.25) is 11.6 Å². The Kier molecular flexibility index (Phi) is 15.2. The first-order chi connectivity index (χ1) is 44.9. The van der Waals surface area contributed by atoms with E-state index in [1.54, 1.807) is 27.6 Å². The summed E-state index contributed by atoms with van der Waals surface area (Å²) in [4.78, 5) is 59.0. The molecule has 0 bridgehead atoms. The van der Waals surface area contributed by atoms with Gasteiger partial charge in [0.05, 0.1) is 40.5 Å². The normalized spacial score (nSPS) is 19.2. The Morgan fingerprint density at radius 2 is 1.01 bits per heavy atom. The number of rotatable bonds is 13. The molecule has 3 aliphatic carbocycles. The smallest absolute Gasteiger partial charge is 0.284 e. The minimum atomic E-state index is -0.418. The number of thioether (sulfide) groups is 1. The molecular formula is C74H59N9O3S6. The molecule has 4 aromatic heterocycles. The molecule has 92 heavy (non-hydrogen) atoms. The average molecular weight is 1310 g/mol. The van der Waals surface area contributed by atoms with Crippen molar-refractivity contribution in [1.29, 1.82) is 0 Å². The molecule has 18 heteroatoms. The van der Waals surface area contributed by atoms with Crippen LogP contribution in [0.2, 0.25) is 0 Å². The molecule has 1 amide bonds. The zero-order valence-corrected chi connectivity index (χ0v) is 55.7. The first kappa shape index (κ1) is 58.6. The first-order valence-corrected chi connectivity index (χ1v) is 35.5. The molecule has 3 saturated carbocycles. The van der Waals surface area contributed by atoms with Crippen LogP contribution in [0.25, 0.3) is 64.5 Å². The van der Waals surface area contributed by atoms with Crippen LogP contribution >= 0.6 is 70.1 Å². The van der Waals surface area contributed by atoms with Crippen molar-refractivity contribution in [3.05, 3.63) is 192 Å². The summed E-state index contributed by atoms with van der Waals surface area (Å²) in [6.07, 6.45) is 7.08. The van der Waals surface area contributed by atoms with Crippen molar-refractivity contribution < 1.29 is 14.4 Å². The number of aryl methyl sites for hydroxylation is 3. The van der Waals surface area contributed by atoms with Crippen LogP contribution in [0.4, 0.5) is 44.1 Å². The summed E-state index contributed by atoms with van der Waals surface area (Å²) >= 11 is 12.5. The summed E-state index contributed by atoms with van der Waals surface area (Å²) in [6.45, 7) is 8.74. The minimum Gasteiger partial charge on any atom is -0.301 e. The van der Waals surface area contributed by atoms with Gasteiger partial charge in [-0.1, -0.05) is 140 Å². The Hall–Kier alpha value is -8.49. The predicted octanol–water partition coefficient (Wildman–Crippen LogP) is 19.9. The summed E-state index contributed by atoms with van der Waals surface area (Å²) in [5, 5.41) is 6.87. The number of fused-ring (bicyclic) bond motifs is 6. The molecule has 4 fully saturated rings. The highest BCUT2D eigenvalue weighted by Crippen LogP contribution is 2.54. The highest BCUT2D eigenvalue weighted by molar-refractivity contribution is 8.35. The van der Waals surface area contributed by atoms with E-state index in [0.29, 0.717) is 62.3 Å². The molecule has 4 unspecified atom stereocenters. The lowest BCUT2D eigenvalue weighted by Gasteiger charge is -2.40. The lowest BCUT2D eigenvalue weighted by atomic mass is 9.64. The van der Waals surface area contributed by atoms with Gasteiger partial charge < -0.3 is 9.80 Å². The molecule has 1 saturated heterocycles. The lowest BCUT2D eigenvalue weighted by Crippen LogP contribution is -2.35. The third-order valence-corrected chi connectivity index (χ3v) is 23.8. The van der Waals surface area contributed by atoms with Gasteiger partial charge in [-0.3, -0.25) is 19.3 Å². The van der Waals surface area contributed by atoms with Gasteiger partial charge in [-0.2, -0.15) is 17.5 Å². The summed E-state index contributed by atoms with van der Waals surface area (Å²) in [5.74, 6) is -0.200. The van der Waals surface area contributed by atoms with E-state index in [0.717, 1.165) is 146 Å². The molecule has 12 aromatic rings. The van der Waals surface area contributed by atoms with Crippen LogP contribution in [0.3, 0.4) is 0 Å². The lowest BCUT2D eigenvalue weighted by molar-refractivity contribution is -0.135. The van der Waals surface area contributed by atoms with E-state index in [-0.39, 0.29) is 23.5 Å². The van der Waals surface area contributed by atoms with Crippen LogP contribution < -0.4 is 9.80 Å². The van der Waals surface area contributed by atoms with E-state index in [4.69, 9.17) is 39.7 Å². The predicted molar refractivity (Wildman–Crippen MR) is 386 cm³/mol. The number of thiocarbonyl (C=S) groups is 1. The number of nitrogens with zero attached hydrogens (tertiary/aromatic N) is 9. The van der Waals surface area contributed by atoms with Gasteiger partial charge in [0.25, 0.3) is 5.91 Å². The number of anilines is 6. The molecule has 4 aliphatic rings. The van der Waals surface area contributed by atoms with Crippen LogP contribution in [-0.2, 0) is 20.8 Å². The fourth-order valence-corrected chi connectivity index (χ4v) is 19.3.